The van der Waals surface area contributed by atoms with E-state index in [0.29, 0.717) is 26.0 Å². The number of carbonyl (C=O) groups excluding carboxylic acids is 1. The fourth-order valence-electron chi connectivity index (χ4n) is 1.39. The fourth-order valence-corrected chi connectivity index (χ4v) is 1.39. The standard InChI is InChI=1S/C9H16BNO2.2CH4/c10-4-2-1-3-9(12)11-5-7-13-8-6-11;;/h1-8H2;2*1H4. The minimum atomic E-state index is 0. The van der Waals surface area contributed by atoms with Crippen LogP contribution < -0.4 is 0 Å². The Labute approximate surface area is 95.6 Å². The minimum absolute atomic E-state index is 0. The molecule has 1 saturated heterocycles. The maximum atomic E-state index is 11.5. The van der Waals surface area contributed by atoms with E-state index in [9.17, 15) is 4.79 Å². The van der Waals surface area contributed by atoms with Crippen LogP contribution in [0.25, 0.3) is 0 Å². The fraction of sp³-hybridized carbons (Fsp3) is 0.909. The molecule has 0 saturated carbocycles. The van der Waals surface area contributed by atoms with Crippen molar-refractivity contribution < 1.29 is 9.53 Å². The Hall–Kier alpha value is -0.505. The summed E-state index contributed by atoms with van der Waals surface area (Å²) in [5, 5.41) is 0. The zero-order valence-electron chi connectivity index (χ0n) is 8.00. The zero-order chi connectivity index (χ0) is 9.52. The van der Waals surface area contributed by atoms with Crippen LogP contribution in [0.15, 0.2) is 0 Å². The summed E-state index contributed by atoms with van der Waals surface area (Å²) < 4.78 is 5.16. The van der Waals surface area contributed by atoms with Gasteiger partial charge in [-0.1, -0.05) is 27.6 Å². The number of morpholine rings is 1. The molecule has 15 heavy (non-hydrogen) atoms. The normalized spacial score (nSPS) is 15.1. The number of rotatable bonds is 4. The molecule has 0 N–H and O–H groups in total. The maximum absolute atomic E-state index is 11.5. The number of amides is 1. The molecule has 0 aliphatic carbocycles. The summed E-state index contributed by atoms with van der Waals surface area (Å²) in [4.78, 5) is 13.4. The van der Waals surface area contributed by atoms with Gasteiger partial charge in [0.25, 0.3) is 0 Å². The van der Waals surface area contributed by atoms with Crippen molar-refractivity contribution >= 4 is 13.8 Å². The van der Waals surface area contributed by atoms with Crippen LogP contribution in [0.5, 0.6) is 0 Å². The monoisotopic (exact) mass is 213 g/mol. The Morgan fingerprint density at radius 3 is 2.33 bits per heavy atom. The largest absolute Gasteiger partial charge is 0.378 e. The highest BCUT2D eigenvalue weighted by Crippen LogP contribution is 2.04. The molecule has 0 spiro atoms. The van der Waals surface area contributed by atoms with Crippen molar-refractivity contribution in [3.05, 3.63) is 0 Å². The molecular weight excluding hydrogens is 189 g/mol. The van der Waals surface area contributed by atoms with E-state index in [1.165, 1.54) is 0 Å². The first-order valence-corrected chi connectivity index (χ1v) is 4.90. The predicted octanol–water partition coefficient (Wildman–Crippen LogP) is 1.87. The van der Waals surface area contributed by atoms with E-state index < -0.39 is 0 Å². The average Bonchev–Trinajstić information content (AvgIpc) is 2.19. The van der Waals surface area contributed by atoms with Gasteiger partial charge in [-0.15, -0.1) is 0 Å². The Morgan fingerprint density at radius 2 is 1.80 bits per heavy atom. The molecule has 0 aromatic carbocycles. The van der Waals surface area contributed by atoms with Crippen molar-refractivity contribution in [2.24, 2.45) is 0 Å². The summed E-state index contributed by atoms with van der Waals surface area (Å²) in [5.74, 6) is 0.247. The molecule has 0 atom stereocenters. The van der Waals surface area contributed by atoms with E-state index in [2.05, 4.69) is 0 Å². The van der Waals surface area contributed by atoms with Gasteiger partial charge in [0.05, 0.1) is 21.1 Å². The van der Waals surface area contributed by atoms with Crippen molar-refractivity contribution in [2.45, 2.75) is 40.4 Å². The number of unbranched alkanes of at least 4 members (excludes halogenated alkanes) is 1. The highest BCUT2D eigenvalue weighted by molar-refractivity contribution is 6.08. The van der Waals surface area contributed by atoms with Crippen molar-refractivity contribution in [1.29, 1.82) is 0 Å². The molecule has 88 valence electrons. The van der Waals surface area contributed by atoms with Crippen molar-refractivity contribution in [3.8, 4) is 0 Å². The SMILES string of the molecule is C.C.[B]CCCCC(=O)N1CCOCC1. The smallest absolute Gasteiger partial charge is 0.222 e. The third-order valence-electron chi connectivity index (χ3n) is 2.21. The van der Waals surface area contributed by atoms with Crippen LogP contribution in [0.2, 0.25) is 6.32 Å². The molecule has 0 aromatic rings. The van der Waals surface area contributed by atoms with Crippen LogP contribution in [0.3, 0.4) is 0 Å². The third kappa shape index (κ3) is 6.55. The van der Waals surface area contributed by atoms with E-state index in [0.717, 1.165) is 25.9 Å². The first-order chi connectivity index (χ1) is 6.34. The molecule has 3 nitrogen and oxygen atoms in total. The maximum Gasteiger partial charge on any atom is 0.222 e. The quantitative estimate of drug-likeness (QED) is 0.527. The second kappa shape index (κ2) is 10.0. The molecule has 1 aliphatic heterocycles. The topological polar surface area (TPSA) is 29.5 Å². The van der Waals surface area contributed by atoms with Crippen LogP contribution in [-0.2, 0) is 9.53 Å². The lowest BCUT2D eigenvalue weighted by molar-refractivity contribution is -0.135. The molecule has 0 aromatic heterocycles. The molecule has 0 bridgehead atoms. The van der Waals surface area contributed by atoms with E-state index in [1.807, 2.05) is 4.90 Å². The number of carbonyl (C=O) groups is 1. The summed E-state index contributed by atoms with van der Waals surface area (Å²) in [6.45, 7) is 2.87. The van der Waals surface area contributed by atoms with Crippen molar-refractivity contribution in [2.75, 3.05) is 26.3 Å². The summed E-state index contributed by atoms with van der Waals surface area (Å²) in [7, 11) is 5.35. The Balaban J connectivity index is 0. The molecule has 1 aliphatic rings. The van der Waals surface area contributed by atoms with Gasteiger partial charge in [0.1, 0.15) is 0 Å². The minimum Gasteiger partial charge on any atom is -0.378 e. The van der Waals surface area contributed by atoms with E-state index in [4.69, 9.17) is 12.6 Å². The first-order valence-electron chi connectivity index (χ1n) is 4.90. The first kappa shape index (κ1) is 16.9. The lowest BCUT2D eigenvalue weighted by Gasteiger charge is -2.26. The molecule has 1 fully saturated rings. The van der Waals surface area contributed by atoms with Crippen molar-refractivity contribution in [1.82, 2.24) is 4.90 Å². The van der Waals surface area contributed by atoms with Crippen LogP contribution in [0.4, 0.5) is 0 Å². The van der Waals surface area contributed by atoms with Gasteiger partial charge in [0.2, 0.25) is 5.91 Å². The summed E-state index contributed by atoms with van der Waals surface area (Å²) >= 11 is 0. The second-order valence-corrected chi connectivity index (χ2v) is 3.24. The van der Waals surface area contributed by atoms with Crippen LogP contribution in [-0.4, -0.2) is 45.0 Å². The summed E-state index contributed by atoms with van der Waals surface area (Å²) in [5.41, 5.74) is 0. The zero-order valence-corrected chi connectivity index (χ0v) is 8.00. The number of hydrogen-bond donors (Lipinski definition) is 0. The summed E-state index contributed by atoms with van der Waals surface area (Å²) in [6.07, 6.45) is 3.16. The van der Waals surface area contributed by atoms with Gasteiger partial charge in [-0.3, -0.25) is 4.79 Å². The van der Waals surface area contributed by atoms with Gasteiger partial charge in [-0.2, -0.15) is 0 Å². The van der Waals surface area contributed by atoms with Crippen molar-refractivity contribution in [3.63, 3.8) is 0 Å². The van der Waals surface area contributed by atoms with E-state index in [-0.39, 0.29) is 20.8 Å². The Morgan fingerprint density at radius 1 is 1.20 bits per heavy atom. The lowest BCUT2D eigenvalue weighted by Crippen LogP contribution is -2.40. The summed E-state index contributed by atoms with van der Waals surface area (Å²) in [6, 6.07) is 0. The molecule has 1 rings (SSSR count). The highest BCUT2D eigenvalue weighted by Gasteiger charge is 2.15. The third-order valence-corrected chi connectivity index (χ3v) is 2.21. The van der Waals surface area contributed by atoms with Crippen LogP contribution in [0.1, 0.15) is 34.1 Å². The molecule has 0 unspecified atom stereocenters. The lowest BCUT2D eigenvalue weighted by atomic mass is 9.99. The Bertz CT molecular complexity index is 159. The predicted molar refractivity (Wildman–Crippen MR) is 65.3 cm³/mol. The Kier molecular flexibility index (Phi) is 11.3. The van der Waals surface area contributed by atoms with Crippen LogP contribution >= 0.6 is 0 Å². The highest BCUT2D eigenvalue weighted by atomic mass is 16.5. The molecular formula is C11H24BNO2. The van der Waals surface area contributed by atoms with Gasteiger partial charge in [0.15, 0.2) is 0 Å². The van der Waals surface area contributed by atoms with E-state index >= 15 is 0 Å². The number of hydrogen-bond acceptors (Lipinski definition) is 2. The van der Waals surface area contributed by atoms with Gasteiger partial charge >= 0.3 is 0 Å². The van der Waals surface area contributed by atoms with Gasteiger partial charge in [-0.25, -0.2) is 0 Å². The number of nitrogens with zero attached hydrogens (tertiary/aromatic N) is 1. The molecule has 1 amide bonds. The van der Waals surface area contributed by atoms with Gasteiger partial charge in [0, 0.05) is 19.5 Å². The van der Waals surface area contributed by atoms with Gasteiger partial charge in [-0.05, 0) is 6.42 Å². The molecule has 2 radical (unpaired) electrons. The molecule has 4 heteroatoms. The van der Waals surface area contributed by atoms with Gasteiger partial charge < -0.3 is 9.64 Å². The second-order valence-electron chi connectivity index (χ2n) is 3.24. The average molecular weight is 213 g/mol. The number of ether oxygens (including phenoxy) is 1. The van der Waals surface area contributed by atoms with Crippen LogP contribution in [0, 0.1) is 0 Å². The van der Waals surface area contributed by atoms with E-state index in [1.54, 1.807) is 0 Å². The molecule has 1 heterocycles.